The van der Waals surface area contributed by atoms with Crippen molar-refractivity contribution in [3.8, 4) is 11.5 Å². The molecule has 3 unspecified atom stereocenters. The number of hydrogen-bond acceptors (Lipinski definition) is 8. The standard InChI is InChI=1S/C26H26N2O7/c1-14-23(26(30)35-4)24(15-5-8-18(9-6-15)28(31)32)25-19(27-14)11-17(12-20(25)29)16-7-10-21(33-2)22(13-16)34-3/h5-11,13,17,24-25,27H,12H2,1-4H3. The van der Waals surface area contributed by atoms with E-state index in [4.69, 9.17) is 14.2 Å². The van der Waals surface area contributed by atoms with E-state index < -0.39 is 22.7 Å². The van der Waals surface area contributed by atoms with Gasteiger partial charge in [0.15, 0.2) is 11.5 Å². The van der Waals surface area contributed by atoms with Crippen LogP contribution in [0.5, 0.6) is 11.5 Å². The number of esters is 1. The number of hydrogen-bond donors (Lipinski definition) is 1. The third-order valence-electron chi connectivity index (χ3n) is 6.57. The molecule has 2 aliphatic rings. The topological polar surface area (TPSA) is 117 Å². The van der Waals surface area contributed by atoms with Gasteiger partial charge in [0.25, 0.3) is 5.69 Å². The SMILES string of the molecule is COC(=O)C1=C(C)NC2=CC(c3ccc(OC)c(OC)c3)CC(=O)C2C1c1ccc([N+](=O)[O-])cc1. The quantitative estimate of drug-likeness (QED) is 0.376. The normalized spacial score (nSPS) is 21.4. The van der Waals surface area contributed by atoms with Gasteiger partial charge in [-0.25, -0.2) is 4.79 Å². The van der Waals surface area contributed by atoms with Crippen LogP contribution in [0.1, 0.15) is 36.3 Å². The first-order valence-corrected chi connectivity index (χ1v) is 11.1. The zero-order chi connectivity index (χ0) is 25.3. The number of nitrogens with one attached hydrogen (secondary N) is 1. The molecule has 182 valence electrons. The van der Waals surface area contributed by atoms with E-state index in [1.807, 2.05) is 18.2 Å². The number of nitrogens with zero attached hydrogens (tertiary/aromatic N) is 1. The van der Waals surface area contributed by atoms with Crippen LogP contribution in [0.2, 0.25) is 0 Å². The van der Waals surface area contributed by atoms with Crippen LogP contribution in [0.25, 0.3) is 0 Å². The molecule has 1 aliphatic heterocycles. The molecule has 0 fully saturated rings. The first-order valence-electron chi connectivity index (χ1n) is 11.1. The summed E-state index contributed by atoms with van der Waals surface area (Å²) < 4.78 is 15.8. The Kier molecular flexibility index (Phi) is 6.59. The summed E-state index contributed by atoms with van der Waals surface area (Å²) in [5.74, 6) is -0.910. The number of carbonyl (C=O) groups is 2. The fraction of sp³-hybridized carbons (Fsp3) is 0.308. The molecule has 1 heterocycles. The van der Waals surface area contributed by atoms with E-state index in [1.165, 1.54) is 19.2 Å². The molecule has 3 atom stereocenters. The first-order chi connectivity index (χ1) is 16.8. The van der Waals surface area contributed by atoms with Gasteiger partial charge in [-0.2, -0.15) is 0 Å². The van der Waals surface area contributed by atoms with Crippen molar-refractivity contribution < 1.29 is 28.7 Å². The molecule has 1 N–H and O–H groups in total. The minimum absolute atomic E-state index is 0.0490. The maximum absolute atomic E-state index is 13.6. The van der Waals surface area contributed by atoms with E-state index in [9.17, 15) is 19.7 Å². The van der Waals surface area contributed by atoms with Crippen molar-refractivity contribution in [1.29, 1.82) is 0 Å². The van der Waals surface area contributed by atoms with E-state index in [0.29, 0.717) is 34.0 Å². The summed E-state index contributed by atoms with van der Waals surface area (Å²) in [7, 11) is 4.41. The Hall–Kier alpha value is -4.14. The number of ether oxygens (including phenoxy) is 3. The Morgan fingerprint density at radius 1 is 1.00 bits per heavy atom. The summed E-state index contributed by atoms with van der Waals surface area (Å²) in [6.45, 7) is 1.76. The van der Waals surface area contributed by atoms with Crippen molar-refractivity contribution in [2.45, 2.75) is 25.2 Å². The molecule has 0 amide bonds. The molecule has 0 radical (unpaired) electrons. The number of fused-ring (bicyclic) bond motifs is 1. The van der Waals surface area contributed by atoms with E-state index in [1.54, 1.807) is 39.3 Å². The Morgan fingerprint density at radius 2 is 1.66 bits per heavy atom. The van der Waals surface area contributed by atoms with Crippen LogP contribution >= 0.6 is 0 Å². The predicted octanol–water partition coefficient (Wildman–Crippen LogP) is 4.00. The van der Waals surface area contributed by atoms with Crippen molar-refractivity contribution in [2.75, 3.05) is 21.3 Å². The molecule has 0 spiro atoms. The van der Waals surface area contributed by atoms with Gasteiger partial charge in [-0.15, -0.1) is 0 Å². The average Bonchev–Trinajstić information content (AvgIpc) is 2.86. The van der Waals surface area contributed by atoms with Gasteiger partial charge >= 0.3 is 5.97 Å². The van der Waals surface area contributed by atoms with Crippen LogP contribution in [0, 0.1) is 16.0 Å². The number of Topliss-reactive ketones (excluding diaryl/α,β-unsaturated/α-hetero) is 1. The highest BCUT2D eigenvalue weighted by molar-refractivity contribution is 5.96. The molecule has 35 heavy (non-hydrogen) atoms. The Bertz CT molecular complexity index is 1250. The minimum atomic E-state index is -0.648. The van der Waals surface area contributed by atoms with Crippen LogP contribution in [-0.2, 0) is 14.3 Å². The van der Waals surface area contributed by atoms with Gasteiger partial charge in [0.2, 0.25) is 0 Å². The third-order valence-corrected chi connectivity index (χ3v) is 6.57. The molecule has 9 nitrogen and oxygen atoms in total. The Balaban J connectivity index is 1.80. The highest BCUT2D eigenvalue weighted by atomic mass is 16.6. The summed E-state index contributed by atoms with van der Waals surface area (Å²) in [5.41, 5.74) is 3.06. The van der Waals surface area contributed by atoms with Crippen molar-refractivity contribution >= 4 is 17.4 Å². The Labute approximate surface area is 202 Å². The lowest BCUT2D eigenvalue weighted by molar-refractivity contribution is -0.384. The van der Waals surface area contributed by atoms with Gasteiger partial charge in [0.05, 0.1) is 37.7 Å². The van der Waals surface area contributed by atoms with Crippen LogP contribution < -0.4 is 14.8 Å². The third kappa shape index (κ3) is 4.37. The van der Waals surface area contributed by atoms with E-state index in [-0.39, 0.29) is 23.8 Å². The number of benzene rings is 2. The average molecular weight is 479 g/mol. The molecule has 2 aromatic rings. The maximum Gasteiger partial charge on any atom is 0.336 e. The Morgan fingerprint density at radius 3 is 2.26 bits per heavy atom. The second kappa shape index (κ2) is 9.61. The number of nitro groups is 1. The smallest absolute Gasteiger partial charge is 0.336 e. The summed E-state index contributed by atoms with van der Waals surface area (Å²) in [6, 6.07) is 11.5. The zero-order valence-corrected chi connectivity index (χ0v) is 19.9. The monoisotopic (exact) mass is 478 g/mol. The van der Waals surface area contributed by atoms with Gasteiger partial charge in [0.1, 0.15) is 5.78 Å². The number of allylic oxidation sites excluding steroid dienone is 3. The molecule has 2 aromatic carbocycles. The number of non-ortho nitro benzene ring substituents is 1. The van der Waals surface area contributed by atoms with Gasteiger partial charge < -0.3 is 19.5 Å². The molecule has 1 aliphatic carbocycles. The van der Waals surface area contributed by atoms with Gasteiger partial charge in [-0.1, -0.05) is 24.3 Å². The van der Waals surface area contributed by atoms with Crippen molar-refractivity contribution in [3.63, 3.8) is 0 Å². The maximum atomic E-state index is 13.6. The summed E-state index contributed by atoms with van der Waals surface area (Å²) >= 11 is 0. The fourth-order valence-corrected chi connectivity index (χ4v) is 4.92. The van der Waals surface area contributed by atoms with Crippen molar-refractivity contribution in [2.24, 2.45) is 5.92 Å². The second-order valence-corrected chi connectivity index (χ2v) is 8.47. The van der Waals surface area contributed by atoms with Crippen LogP contribution in [0.15, 0.2) is 65.5 Å². The highest BCUT2D eigenvalue weighted by Gasteiger charge is 2.45. The van der Waals surface area contributed by atoms with Gasteiger partial charge in [0, 0.05) is 41.8 Å². The van der Waals surface area contributed by atoms with Crippen molar-refractivity contribution in [1.82, 2.24) is 5.32 Å². The molecule has 4 rings (SSSR count). The molecule has 0 bridgehead atoms. The van der Waals surface area contributed by atoms with Crippen LogP contribution in [0.4, 0.5) is 5.69 Å². The lowest BCUT2D eigenvalue weighted by Crippen LogP contribution is -2.41. The largest absolute Gasteiger partial charge is 0.493 e. The number of nitro benzene ring substituents is 1. The zero-order valence-electron chi connectivity index (χ0n) is 19.9. The molecule has 9 heteroatoms. The number of rotatable bonds is 6. The number of carbonyl (C=O) groups excluding carboxylic acids is 2. The molecule has 0 saturated carbocycles. The van der Waals surface area contributed by atoms with Crippen LogP contribution in [-0.4, -0.2) is 38.0 Å². The van der Waals surface area contributed by atoms with E-state index in [0.717, 1.165) is 5.56 Å². The van der Waals surface area contributed by atoms with E-state index in [2.05, 4.69) is 5.32 Å². The fourth-order valence-electron chi connectivity index (χ4n) is 4.92. The van der Waals surface area contributed by atoms with Gasteiger partial charge in [-0.3, -0.25) is 14.9 Å². The molecular formula is C26H26N2O7. The first kappa shape index (κ1) is 24.0. The highest BCUT2D eigenvalue weighted by Crippen LogP contribution is 2.47. The summed E-state index contributed by atoms with van der Waals surface area (Å²) in [6.07, 6.45) is 2.23. The minimum Gasteiger partial charge on any atom is -0.493 e. The molecule has 0 aromatic heterocycles. The van der Waals surface area contributed by atoms with Crippen molar-refractivity contribution in [3.05, 3.63) is 86.7 Å². The lowest BCUT2D eigenvalue weighted by Gasteiger charge is -2.39. The number of methoxy groups -OCH3 is 3. The summed E-state index contributed by atoms with van der Waals surface area (Å²) in [5, 5.41) is 14.4. The van der Waals surface area contributed by atoms with Crippen LogP contribution in [0.3, 0.4) is 0 Å². The predicted molar refractivity (Wildman–Crippen MR) is 127 cm³/mol. The molecular weight excluding hydrogens is 452 g/mol. The summed E-state index contributed by atoms with van der Waals surface area (Å²) in [4.78, 5) is 37.0. The van der Waals surface area contributed by atoms with Gasteiger partial charge in [-0.05, 0) is 30.2 Å². The second-order valence-electron chi connectivity index (χ2n) is 8.47. The molecule has 0 saturated heterocycles. The number of ketones is 1. The lowest BCUT2D eigenvalue weighted by atomic mass is 9.68. The van der Waals surface area contributed by atoms with E-state index >= 15 is 0 Å².